The van der Waals surface area contributed by atoms with Crippen LogP contribution < -0.4 is 5.32 Å². The van der Waals surface area contributed by atoms with Crippen LogP contribution in [-0.2, 0) is 4.79 Å². The van der Waals surface area contributed by atoms with Crippen molar-refractivity contribution in [3.8, 4) is 10.6 Å². The van der Waals surface area contributed by atoms with Crippen molar-refractivity contribution in [3.63, 3.8) is 0 Å². The average Bonchev–Trinajstić information content (AvgIpc) is 3.25. The number of rotatable bonds is 4. The molecule has 1 fully saturated rings. The first-order valence-electron chi connectivity index (χ1n) is 9.43. The van der Waals surface area contributed by atoms with E-state index in [9.17, 15) is 14.0 Å². The van der Waals surface area contributed by atoms with Gasteiger partial charge in [-0.05, 0) is 53.0 Å². The van der Waals surface area contributed by atoms with E-state index >= 15 is 0 Å². The Hall–Kier alpha value is -2.65. The number of carbonyl (C=O) groups is 2. The predicted octanol–water partition coefficient (Wildman–Crippen LogP) is 4.60. The molecule has 0 bridgehead atoms. The largest absolute Gasteiger partial charge is 0.337 e. The highest BCUT2D eigenvalue weighted by molar-refractivity contribution is 9.10. The summed E-state index contributed by atoms with van der Waals surface area (Å²) < 4.78 is 14.8. The second-order valence-electron chi connectivity index (χ2n) is 6.94. The smallest absolute Gasteiger partial charge is 0.273 e. The number of hydrogen-bond acceptors (Lipinski definition) is 5. The molecule has 0 atom stereocenters. The number of carbonyl (C=O) groups excluding carboxylic acids is 2. The van der Waals surface area contributed by atoms with Crippen molar-refractivity contribution < 1.29 is 14.0 Å². The van der Waals surface area contributed by atoms with Crippen LogP contribution in [0.15, 0.2) is 52.4 Å². The van der Waals surface area contributed by atoms with Gasteiger partial charge in [-0.3, -0.25) is 9.59 Å². The first-order chi connectivity index (χ1) is 14.5. The molecule has 6 nitrogen and oxygen atoms in total. The lowest BCUT2D eigenvalue weighted by atomic mass is 9.95. The van der Waals surface area contributed by atoms with Crippen molar-refractivity contribution in [3.05, 3.63) is 64.0 Å². The van der Waals surface area contributed by atoms with Gasteiger partial charge in [0, 0.05) is 40.6 Å². The van der Waals surface area contributed by atoms with Crippen LogP contribution in [0, 0.1) is 11.7 Å². The zero-order valence-corrected chi connectivity index (χ0v) is 18.2. The van der Waals surface area contributed by atoms with Gasteiger partial charge in [-0.25, -0.2) is 14.4 Å². The van der Waals surface area contributed by atoms with E-state index in [2.05, 4.69) is 31.2 Å². The maximum absolute atomic E-state index is 14.0. The number of hydrogen-bond donors (Lipinski definition) is 1. The minimum Gasteiger partial charge on any atom is -0.337 e. The van der Waals surface area contributed by atoms with E-state index < -0.39 is 0 Å². The molecule has 1 aliphatic heterocycles. The molecule has 154 valence electrons. The van der Waals surface area contributed by atoms with Gasteiger partial charge in [-0.1, -0.05) is 12.1 Å². The summed E-state index contributed by atoms with van der Waals surface area (Å²) in [6.45, 7) is 0.939. The predicted molar refractivity (Wildman–Crippen MR) is 117 cm³/mol. The normalized spacial score (nSPS) is 14.5. The second-order valence-corrected chi connectivity index (χ2v) is 8.71. The minimum atomic E-state index is -0.363. The quantitative estimate of drug-likeness (QED) is 0.582. The third-order valence-corrected chi connectivity index (χ3v) is 6.30. The summed E-state index contributed by atoms with van der Waals surface area (Å²) in [5, 5.41) is 4.96. The molecule has 1 saturated heterocycles. The van der Waals surface area contributed by atoms with E-state index in [0.717, 1.165) is 4.47 Å². The third kappa shape index (κ3) is 4.57. The van der Waals surface area contributed by atoms with Crippen LogP contribution in [0.5, 0.6) is 0 Å². The molecule has 0 unspecified atom stereocenters. The van der Waals surface area contributed by atoms with Crippen LogP contribution in [-0.4, -0.2) is 39.8 Å². The molecule has 3 aromatic rings. The van der Waals surface area contributed by atoms with Gasteiger partial charge in [0.1, 0.15) is 22.3 Å². The Balaban J connectivity index is 1.35. The molecule has 2 amide bonds. The van der Waals surface area contributed by atoms with Crippen LogP contribution in [0.3, 0.4) is 0 Å². The number of benzene rings is 1. The van der Waals surface area contributed by atoms with Crippen molar-refractivity contribution >= 4 is 44.9 Å². The lowest BCUT2D eigenvalue weighted by molar-refractivity contribution is -0.121. The van der Waals surface area contributed by atoms with Crippen LogP contribution in [0.2, 0.25) is 0 Å². The number of halogens is 2. The molecular weight excluding hydrogens is 471 g/mol. The van der Waals surface area contributed by atoms with Crippen LogP contribution >= 0.6 is 27.3 Å². The highest BCUT2D eigenvalue weighted by Crippen LogP contribution is 2.27. The highest BCUT2D eigenvalue weighted by Gasteiger charge is 2.29. The second kappa shape index (κ2) is 9.01. The van der Waals surface area contributed by atoms with Gasteiger partial charge in [-0.15, -0.1) is 11.3 Å². The maximum Gasteiger partial charge on any atom is 0.273 e. The molecule has 30 heavy (non-hydrogen) atoms. The number of nitrogens with one attached hydrogen (secondary N) is 1. The number of pyridine rings is 1. The Morgan fingerprint density at radius 3 is 2.63 bits per heavy atom. The van der Waals surface area contributed by atoms with Gasteiger partial charge >= 0.3 is 0 Å². The number of piperidine rings is 1. The van der Waals surface area contributed by atoms with Crippen molar-refractivity contribution in [2.75, 3.05) is 18.4 Å². The van der Waals surface area contributed by atoms with Gasteiger partial charge in [0.15, 0.2) is 0 Å². The molecule has 1 aliphatic rings. The Morgan fingerprint density at radius 1 is 1.17 bits per heavy atom. The van der Waals surface area contributed by atoms with Crippen molar-refractivity contribution in [2.45, 2.75) is 12.8 Å². The fraction of sp³-hybridized carbons (Fsp3) is 0.238. The van der Waals surface area contributed by atoms with Gasteiger partial charge in [0.05, 0.1) is 0 Å². The van der Waals surface area contributed by atoms with E-state index in [0.29, 0.717) is 48.0 Å². The van der Waals surface area contributed by atoms with Crippen molar-refractivity contribution in [1.29, 1.82) is 0 Å². The topological polar surface area (TPSA) is 75.2 Å². The Bertz CT molecular complexity index is 1060. The van der Waals surface area contributed by atoms with Gasteiger partial charge in [-0.2, -0.15) is 0 Å². The molecule has 9 heteroatoms. The fourth-order valence-corrected chi connectivity index (χ4v) is 4.37. The number of likely N-dealkylation sites (tertiary alicyclic amines) is 1. The molecule has 0 spiro atoms. The maximum atomic E-state index is 14.0. The zero-order valence-electron chi connectivity index (χ0n) is 15.8. The molecule has 2 aromatic heterocycles. The summed E-state index contributed by atoms with van der Waals surface area (Å²) in [5.74, 6) is -0.318. The van der Waals surface area contributed by atoms with E-state index in [1.165, 1.54) is 17.4 Å². The standard InChI is InChI=1S/C21H18BrFN4O2S/c22-14-5-6-18(24-11-14)26-19(28)13-7-9-27(10-8-13)21(29)17-12-30-20(25-17)15-3-1-2-4-16(15)23/h1-6,11-13H,7-10H2,(H,24,26,28). The average molecular weight is 489 g/mol. The first kappa shape index (κ1) is 20.6. The summed E-state index contributed by atoms with van der Waals surface area (Å²) in [7, 11) is 0. The van der Waals surface area contributed by atoms with Crippen molar-refractivity contribution in [2.24, 2.45) is 5.92 Å². The molecule has 0 radical (unpaired) electrons. The van der Waals surface area contributed by atoms with Crippen LogP contribution in [0.25, 0.3) is 10.6 Å². The molecule has 0 saturated carbocycles. The number of thiazole rings is 1. The number of amides is 2. The number of anilines is 1. The molecule has 3 heterocycles. The van der Waals surface area contributed by atoms with Crippen LogP contribution in [0.4, 0.5) is 10.2 Å². The minimum absolute atomic E-state index is 0.0904. The number of aromatic nitrogens is 2. The molecule has 1 aromatic carbocycles. The van der Waals surface area contributed by atoms with E-state index in [1.54, 1.807) is 40.7 Å². The van der Waals surface area contributed by atoms with E-state index in [1.807, 2.05) is 6.07 Å². The van der Waals surface area contributed by atoms with Gasteiger partial charge in [0.25, 0.3) is 5.91 Å². The molecular formula is C21H18BrFN4O2S. The first-order valence-corrected chi connectivity index (χ1v) is 11.1. The van der Waals surface area contributed by atoms with Gasteiger partial charge in [0.2, 0.25) is 5.91 Å². The molecule has 0 aliphatic carbocycles. The Morgan fingerprint density at radius 2 is 1.93 bits per heavy atom. The summed E-state index contributed by atoms with van der Waals surface area (Å²) in [6, 6.07) is 9.92. The summed E-state index contributed by atoms with van der Waals surface area (Å²) >= 11 is 4.55. The zero-order chi connectivity index (χ0) is 21.1. The SMILES string of the molecule is O=C(Nc1ccc(Br)cn1)C1CCN(C(=O)c2csc(-c3ccccc3F)n2)CC1. The Labute approximate surface area is 185 Å². The highest BCUT2D eigenvalue weighted by atomic mass is 79.9. The molecule has 1 N–H and O–H groups in total. The van der Waals surface area contributed by atoms with Crippen LogP contribution in [0.1, 0.15) is 23.3 Å². The summed E-state index contributed by atoms with van der Waals surface area (Å²) in [4.78, 5) is 35.4. The third-order valence-electron chi connectivity index (χ3n) is 4.96. The lowest BCUT2D eigenvalue weighted by Crippen LogP contribution is -2.41. The van der Waals surface area contributed by atoms with Gasteiger partial charge < -0.3 is 10.2 Å². The lowest BCUT2D eigenvalue weighted by Gasteiger charge is -2.30. The molecule has 4 rings (SSSR count). The van der Waals surface area contributed by atoms with E-state index in [4.69, 9.17) is 0 Å². The van der Waals surface area contributed by atoms with Crippen molar-refractivity contribution in [1.82, 2.24) is 14.9 Å². The monoisotopic (exact) mass is 488 g/mol. The Kier molecular flexibility index (Phi) is 6.19. The summed E-state index contributed by atoms with van der Waals surface area (Å²) in [6.07, 6.45) is 2.76. The van der Waals surface area contributed by atoms with E-state index in [-0.39, 0.29) is 23.5 Å². The summed E-state index contributed by atoms with van der Waals surface area (Å²) in [5.41, 5.74) is 0.693. The fourth-order valence-electron chi connectivity index (χ4n) is 3.32. The number of nitrogens with zero attached hydrogens (tertiary/aromatic N) is 3.